The normalized spacial score (nSPS) is 27.0. The molecule has 1 aliphatic rings. The van der Waals surface area contributed by atoms with Gasteiger partial charge in [-0.15, -0.1) is 0 Å². The Kier molecular flexibility index (Phi) is 2.28. The van der Waals surface area contributed by atoms with Gasteiger partial charge in [0.25, 0.3) is 0 Å². The Morgan fingerprint density at radius 1 is 1.46 bits per heavy atom. The Hall–Kier alpha value is -0.570. The molecule has 13 heavy (non-hydrogen) atoms. The van der Waals surface area contributed by atoms with Crippen molar-refractivity contribution in [1.82, 2.24) is 0 Å². The van der Waals surface area contributed by atoms with E-state index < -0.39 is 0 Å². The summed E-state index contributed by atoms with van der Waals surface area (Å²) in [5.74, 6) is 0. The second-order valence-electron chi connectivity index (χ2n) is 3.36. The molecule has 0 aromatic heterocycles. The standard InChI is InChI=1S/C10H12ClNO/c1-6-8-3-2-7(11)4-9(8)10(12)5-13-6/h2-4,6,10H,5,12H2,1H3. The van der Waals surface area contributed by atoms with Crippen molar-refractivity contribution in [3.63, 3.8) is 0 Å². The minimum atomic E-state index is -0.0371. The minimum absolute atomic E-state index is 0.0371. The van der Waals surface area contributed by atoms with E-state index in [0.717, 1.165) is 16.1 Å². The zero-order valence-corrected chi connectivity index (χ0v) is 8.21. The summed E-state index contributed by atoms with van der Waals surface area (Å²) >= 11 is 5.89. The molecule has 2 rings (SSSR count). The summed E-state index contributed by atoms with van der Waals surface area (Å²) in [4.78, 5) is 0. The van der Waals surface area contributed by atoms with Crippen LogP contribution in [0.2, 0.25) is 5.02 Å². The van der Waals surface area contributed by atoms with Crippen LogP contribution in [0.1, 0.15) is 30.2 Å². The monoisotopic (exact) mass is 197 g/mol. The molecule has 2 N–H and O–H groups in total. The van der Waals surface area contributed by atoms with Gasteiger partial charge in [0.2, 0.25) is 0 Å². The number of hydrogen-bond acceptors (Lipinski definition) is 2. The van der Waals surface area contributed by atoms with Crippen LogP contribution < -0.4 is 5.73 Å². The van der Waals surface area contributed by atoms with E-state index in [9.17, 15) is 0 Å². The van der Waals surface area contributed by atoms with E-state index in [1.165, 1.54) is 0 Å². The molecule has 70 valence electrons. The van der Waals surface area contributed by atoms with Gasteiger partial charge in [0.15, 0.2) is 0 Å². The predicted octanol–water partition coefficient (Wildman–Crippen LogP) is 2.43. The van der Waals surface area contributed by atoms with E-state index in [1.54, 1.807) is 0 Å². The number of fused-ring (bicyclic) bond motifs is 1. The van der Waals surface area contributed by atoms with E-state index in [4.69, 9.17) is 22.1 Å². The molecule has 0 fully saturated rings. The first-order valence-electron chi connectivity index (χ1n) is 4.35. The Balaban J connectivity index is 2.50. The van der Waals surface area contributed by atoms with Crippen molar-refractivity contribution >= 4 is 11.6 Å². The van der Waals surface area contributed by atoms with Crippen LogP contribution in [0.3, 0.4) is 0 Å². The van der Waals surface area contributed by atoms with Crippen molar-refractivity contribution < 1.29 is 4.74 Å². The molecule has 0 bridgehead atoms. The summed E-state index contributed by atoms with van der Waals surface area (Å²) < 4.78 is 5.49. The lowest BCUT2D eigenvalue weighted by atomic mass is 9.95. The summed E-state index contributed by atoms with van der Waals surface area (Å²) in [6.07, 6.45) is 0.132. The van der Waals surface area contributed by atoms with Crippen molar-refractivity contribution in [2.24, 2.45) is 5.73 Å². The maximum Gasteiger partial charge on any atom is 0.0801 e. The second kappa shape index (κ2) is 3.29. The fourth-order valence-electron chi connectivity index (χ4n) is 1.66. The summed E-state index contributed by atoms with van der Waals surface area (Å²) in [5, 5.41) is 0.739. The van der Waals surface area contributed by atoms with Gasteiger partial charge in [-0.05, 0) is 30.2 Å². The first kappa shape index (κ1) is 9.00. The van der Waals surface area contributed by atoms with E-state index in [2.05, 4.69) is 0 Å². The Bertz CT molecular complexity index is 327. The van der Waals surface area contributed by atoms with Gasteiger partial charge in [-0.25, -0.2) is 0 Å². The van der Waals surface area contributed by atoms with E-state index in [1.807, 2.05) is 25.1 Å². The fourth-order valence-corrected chi connectivity index (χ4v) is 1.85. The average molecular weight is 198 g/mol. The Morgan fingerprint density at radius 3 is 3.00 bits per heavy atom. The van der Waals surface area contributed by atoms with Gasteiger partial charge in [-0.3, -0.25) is 0 Å². The molecule has 0 amide bonds. The van der Waals surface area contributed by atoms with Crippen LogP contribution in [0.5, 0.6) is 0 Å². The molecule has 2 nitrogen and oxygen atoms in total. The van der Waals surface area contributed by atoms with Crippen LogP contribution in [0.25, 0.3) is 0 Å². The quantitative estimate of drug-likeness (QED) is 0.694. The highest BCUT2D eigenvalue weighted by Gasteiger charge is 2.22. The maximum absolute atomic E-state index is 5.89. The van der Waals surface area contributed by atoms with Crippen LogP contribution in [-0.2, 0) is 4.74 Å². The first-order valence-corrected chi connectivity index (χ1v) is 4.73. The fraction of sp³-hybridized carbons (Fsp3) is 0.400. The highest BCUT2D eigenvalue weighted by Crippen LogP contribution is 2.32. The van der Waals surface area contributed by atoms with Crippen molar-refractivity contribution in [1.29, 1.82) is 0 Å². The largest absolute Gasteiger partial charge is 0.372 e. The van der Waals surface area contributed by atoms with Gasteiger partial charge in [-0.2, -0.15) is 0 Å². The summed E-state index contributed by atoms with van der Waals surface area (Å²) in [7, 11) is 0. The van der Waals surface area contributed by atoms with E-state index in [0.29, 0.717) is 6.61 Å². The number of halogens is 1. The summed E-state index contributed by atoms with van der Waals surface area (Å²) in [6.45, 7) is 2.60. The SMILES string of the molecule is CC1OCC(N)c2cc(Cl)ccc21. The van der Waals surface area contributed by atoms with Crippen LogP contribution in [0.15, 0.2) is 18.2 Å². The lowest BCUT2D eigenvalue weighted by Gasteiger charge is -2.27. The summed E-state index contributed by atoms with van der Waals surface area (Å²) in [5.41, 5.74) is 8.17. The lowest BCUT2D eigenvalue weighted by molar-refractivity contribution is 0.0408. The molecule has 1 aromatic carbocycles. The van der Waals surface area contributed by atoms with Crippen molar-refractivity contribution in [2.45, 2.75) is 19.1 Å². The predicted molar refractivity (Wildman–Crippen MR) is 52.7 cm³/mol. The van der Waals surface area contributed by atoms with Crippen molar-refractivity contribution in [2.75, 3.05) is 6.61 Å². The second-order valence-corrected chi connectivity index (χ2v) is 3.79. The zero-order chi connectivity index (χ0) is 9.42. The Labute approximate surface area is 82.6 Å². The molecular formula is C10H12ClNO. The molecule has 0 spiro atoms. The zero-order valence-electron chi connectivity index (χ0n) is 7.46. The highest BCUT2D eigenvalue weighted by molar-refractivity contribution is 6.30. The number of hydrogen-bond donors (Lipinski definition) is 1. The van der Waals surface area contributed by atoms with Crippen molar-refractivity contribution in [3.8, 4) is 0 Å². The van der Waals surface area contributed by atoms with Crippen molar-refractivity contribution in [3.05, 3.63) is 34.3 Å². The molecule has 0 saturated carbocycles. The van der Waals surface area contributed by atoms with Gasteiger partial charge in [-0.1, -0.05) is 17.7 Å². The number of benzene rings is 1. The van der Waals surface area contributed by atoms with Gasteiger partial charge < -0.3 is 10.5 Å². The summed E-state index contributed by atoms with van der Waals surface area (Å²) in [6, 6.07) is 5.75. The van der Waals surface area contributed by atoms with Gasteiger partial charge in [0.05, 0.1) is 18.8 Å². The third-order valence-corrected chi connectivity index (χ3v) is 2.65. The van der Waals surface area contributed by atoms with E-state index in [-0.39, 0.29) is 12.1 Å². The van der Waals surface area contributed by atoms with Crippen LogP contribution in [-0.4, -0.2) is 6.61 Å². The molecule has 0 saturated heterocycles. The molecule has 3 heteroatoms. The van der Waals surface area contributed by atoms with Gasteiger partial charge in [0, 0.05) is 5.02 Å². The average Bonchev–Trinajstić information content (AvgIpc) is 2.12. The van der Waals surface area contributed by atoms with Crippen LogP contribution >= 0.6 is 11.6 Å². The molecule has 1 aliphatic heterocycles. The molecule has 0 aliphatic carbocycles. The topological polar surface area (TPSA) is 35.2 Å². The number of nitrogens with two attached hydrogens (primary N) is 1. The number of ether oxygens (including phenoxy) is 1. The highest BCUT2D eigenvalue weighted by atomic mass is 35.5. The first-order chi connectivity index (χ1) is 6.18. The maximum atomic E-state index is 5.89. The smallest absolute Gasteiger partial charge is 0.0801 e. The van der Waals surface area contributed by atoms with Crippen LogP contribution in [0.4, 0.5) is 0 Å². The number of rotatable bonds is 0. The third kappa shape index (κ3) is 1.57. The van der Waals surface area contributed by atoms with E-state index >= 15 is 0 Å². The van der Waals surface area contributed by atoms with Crippen LogP contribution in [0, 0.1) is 0 Å². The molecule has 2 atom stereocenters. The Morgan fingerprint density at radius 2 is 2.23 bits per heavy atom. The minimum Gasteiger partial charge on any atom is -0.372 e. The molecule has 2 unspecified atom stereocenters. The van der Waals surface area contributed by atoms with Gasteiger partial charge in [0.1, 0.15) is 0 Å². The molecule has 1 heterocycles. The molecule has 0 radical (unpaired) electrons. The third-order valence-electron chi connectivity index (χ3n) is 2.41. The molecular weight excluding hydrogens is 186 g/mol. The molecule has 1 aromatic rings. The van der Waals surface area contributed by atoms with Gasteiger partial charge >= 0.3 is 0 Å². The lowest BCUT2D eigenvalue weighted by Crippen LogP contribution is -2.25.